The van der Waals surface area contributed by atoms with Gasteiger partial charge in [-0.1, -0.05) is 23.4 Å². The molecule has 1 unspecified atom stereocenters. The summed E-state index contributed by atoms with van der Waals surface area (Å²) >= 11 is 0. The molecule has 2 rings (SSSR count). The van der Waals surface area contributed by atoms with Crippen molar-refractivity contribution in [2.24, 2.45) is 0 Å². The van der Waals surface area contributed by atoms with Gasteiger partial charge in [0, 0.05) is 12.1 Å². The number of aliphatic hydroxyl groups excluding tert-OH is 1. The number of aromatic nitrogens is 1. The predicted molar refractivity (Wildman–Crippen MR) is 72.5 cm³/mol. The summed E-state index contributed by atoms with van der Waals surface area (Å²) in [6.07, 6.45) is -1.29. The molecular weight excluding hydrogens is 299 g/mol. The van der Waals surface area contributed by atoms with Crippen LogP contribution in [0.4, 0.5) is 4.39 Å². The van der Waals surface area contributed by atoms with Crippen molar-refractivity contribution in [2.45, 2.75) is 24.8 Å². The first kappa shape index (κ1) is 15.6. The van der Waals surface area contributed by atoms with Gasteiger partial charge < -0.3 is 9.63 Å². The number of hydrogen-bond acceptors (Lipinski definition) is 5. The number of hydrogen-bond donors (Lipinski definition) is 2. The molecule has 1 heterocycles. The molecule has 0 aliphatic rings. The molecule has 8 heteroatoms. The minimum absolute atomic E-state index is 0.0268. The number of benzene rings is 1. The molecule has 1 aromatic heterocycles. The number of aliphatic hydroxyl groups is 1. The summed E-state index contributed by atoms with van der Waals surface area (Å²) < 4.78 is 44.8. The molecule has 0 fully saturated rings. The fourth-order valence-corrected chi connectivity index (χ4v) is 3.34. The average molecular weight is 314 g/mol. The van der Waals surface area contributed by atoms with Crippen molar-refractivity contribution in [3.8, 4) is 0 Å². The van der Waals surface area contributed by atoms with Crippen LogP contribution in [-0.4, -0.2) is 25.2 Å². The van der Waals surface area contributed by atoms with Crippen molar-refractivity contribution < 1.29 is 22.4 Å². The van der Waals surface area contributed by atoms with Gasteiger partial charge in [-0.2, -0.15) is 0 Å². The van der Waals surface area contributed by atoms with Crippen LogP contribution >= 0.6 is 0 Å². The zero-order chi connectivity index (χ0) is 15.6. The lowest BCUT2D eigenvalue weighted by Gasteiger charge is -2.13. The van der Waals surface area contributed by atoms with E-state index in [9.17, 15) is 17.9 Å². The van der Waals surface area contributed by atoms with E-state index >= 15 is 0 Å². The van der Waals surface area contributed by atoms with Crippen LogP contribution in [0.3, 0.4) is 0 Å². The quantitative estimate of drug-likeness (QED) is 0.871. The molecule has 0 saturated heterocycles. The maximum Gasteiger partial charge on any atom is 0.246 e. The van der Waals surface area contributed by atoms with E-state index in [1.54, 1.807) is 6.07 Å². The van der Waals surface area contributed by atoms with Gasteiger partial charge in [0.15, 0.2) is 5.76 Å². The fraction of sp³-hybridized carbons (Fsp3) is 0.308. The minimum Gasteiger partial charge on any atom is -0.387 e. The number of sulfonamides is 1. The van der Waals surface area contributed by atoms with Crippen LogP contribution in [0, 0.1) is 19.7 Å². The first-order valence-corrected chi connectivity index (χ1v) is 7.66. The number of rotatable bonds is 5. The summed E-state index contributed by atoms with van der Waals surface area (Å²) in [7, 11) is -3.88. The zero-order valence-electron chi connectivity index (χ0n) is 11.5. The summed E-state index contributed by atoms with van der Waals surface area (Å²) in [5, 5.41) is 13.5. The van der Waals surface area contributed by atoms with Gasteiger partial charge in [0.1, 0.15) is 16.4 Å². The predicted octanol–water partition coefficient (Wildman–Crippen LogP) is 1.44. The maximum absolute atomic E-state index is 13.5. The van der Waals surface area contributed by atoms with Gasteiger partial charge in [-0.25, -0.2) is 17.5 Å². The van der Waals surface area contributed by atoms with E-state index in [1.165, 1.54) is 32.0 Å². The zero-order valence-corrected chi connectivity index (χ0v) is 12.3. The summed E-state index contributed by atoms with van der Waals surface area (Å²) in [6.45, 7) is 2.62. The SMILES string of the molecule is Cc1noc(C)c1S(=O)(=O)NCC(O)c1ccccc1F. The number of aryl methyl sites for hydroxylation is 2. The molecule has 1 atom stereocenters. The number of nitrogens with zero attached hydrogens (tertiary/aromatic N) is 1. The second kappa shape index (κ2) is 5.92. The van der Waals surface area contributed by atoms with Gasteiger partial charge in [-0.15, -0.1) is 0 Å². The van der Waals surface area contributed by atoms with Crippen molar-refractivity contribution in [3.05, 3.63) is 47.1 Å². The molecule has 0 bridgehead atoms. The van der Waals surface area contributed by atoms with E-state index in [1.807, 2.05) is 0 Å². The average Bonchev–Trinajstić information content (AvgIpc) is 2.77. The van der Waals surface area contributed by atoms with Gasteiger partial charge in [0.2, 0.25) is 10.0 Å². The Morgan fingerprint density at radius 1 is 1.38 bits per heavy atom. The minimum atomic E-state index is -3.88. The van der Waals surface area contributed by atoms with E-state index in [2.05, 4.69) is 9.88 Å². The van der Waals surface area contributed by atoms with E-state index in [4.69, 9.17) is 4.52 Å². The van der Waals surface area contributed by atoms with Crippen LogP contribution in [0.1, 0.15) is 23.1 Å². The third-order valence-electron chi connectivity index (χ3n) is 2.97. The molecule has 2 aromatic rings. The van der Waals surface area contributed by atoms with Gasteiger partial charge in [0.25, 0.3) is 0 Å². The monoisotopic (exact) mass is 314 g/mol. The number of halogens is 1. The van der Waals surface area contributed by atoms with Crippen molar-refractivity contribution in [2.75, 3.05) is 6.54 Å². The molecule has 114 valence electrons. The lowest BCUT2D eigenvalue weighted by atomic mass is 10.1. The highest BCUT2D eigenvalue weighted by Crippen LogP contribution is 2.20. The highest BCUT2D eigenvalue weighted by Gasteiger charge is 2.25. The molecule has 0 aliphatic carbocycles. The largest absolute Gasteiger partial charge is 0.387 e. The summed E-state index contributed by atoms with van der Waals surface area (Å²) in [4.78, 5) is -0.0665. The topological polar surface area (TPSA) is 92.4 Å². The highest BCUT2D eigenvalue weighted by molar-refractivity contribution is 7.89. The fourth-order valence-electron chi connectivity index (χ4n) is 1.97. The van der Waals surface area contributed by atoms with E-state index in [0.29, 0.717) is 0 Å². The second-order valence-corrected chi connectivity index (χ2v) is 6.25. The second-order valence-electron chi connectivity index (χ2n) is 4.54. The van der Waals surface area contributed by atoms with Crippen molar-refractivity contribution in [1.29, 1.82) is 0 Å². The first-order chi connectivity index (χ1) is 9.83. The van der Waals surface area contributed by atoms with Gasteiger partial charge in [-0.05, 0) is 19.9 Å². The lowest BCUT2D eigenvalue weighted by molar-refractivity contribution is 0.177. The highest BCUT2D eigenvalue weighted by atomic mass is 32.2. The Kier molecular flexibility index (Phi) is 4.40. The number of nitrogens with one attached hydrogen (secondary N) is 1. The summed E-state index contributed by atoms with van der Waals surface area (Å²) in [6, 6.07) is 5.63. The lowest BCUT2D eigenvalue weighted by Crippen LogP contribution is -2.29. The Morgan fingerprint density at radius 2 is 2.05 bits per heavy atom. The Hall–Kier alpha value is -1.77. The van der Waals surface area contributed by atoms with Crippen molar-refractivity contribution in [1.82, 2.24) is 9.88 Å². The van der Waals surface area contributed by atoms with Crippen LogP contribution in [-0.2, 0) is 10.0 Å². The Labute approximate surface area is 121 Å². The molecule has 6 nitrogen and oxygen atoms in total. The maximum atomic E-state index is 13.5. The van der Waals surface area contributed by atoms with Crippen LogP contribution in [0.2, 0.25) is 0 Å². The smallest absolute Gasteiger partial charge is 0.246 e. The molecule has 0 aliphatic heterocycles. The molecule has 0 amide bonds. The van der Waals surface area contributed by atoms with Gasteiger partial charge in [-0.3, -0.25) is 0 Å². The van der Waals surface area contributed by atoms with Crippen LogP contribution in [0.5, 0.6) is 0 Å². The summed E-state index contributed by atoms with van der Waals surface area (Å²) in [5.41, 5.74) is 0.249. The first-order valence-electron chi connectivity index (χ1n) is 6.18. The van der Waals surface area contributed by atoms with Gasteiger partial charge in [0.05, 0.1) is 6.10 Å². The third-order valence-corrected chi connectivity index (χ3v) is 4.63. The molecule has 1 aromatic carbocycles. The van der Waals surface area contributed by atoms with E-state index in [-0.39, 0.29) is 28.5 Å². The standard InChI is InChI=1S/C13H15FN2O4S/c1-8-13(9(2)20-16-8)21(18,19)15-7-12(17)10-5-3-4-6-11(10)14/h3-6,12,15,17H,7H2,1-2H3. The molecule has 2 N–H and O–H groups in total. The Balaban J connectivity index is 2.15. The third kappa shape index (κ3) is 3.29. The van der Waals surface area contributed by atoms with Crippen LogP contribution < -0.4 is 4.72 Å². The Morgan fingerprint density at radius 3 is 2.62 bits per heavy atom. The summed E-state index contributed by atoms with van der Waals surface area (Å²) in [5.74, 6) is -0.443. The van der Waals surface area contributed by atoms with Crippen molar-refractivity contribution >= 4 is 10.0 Å². The molecule has 21 heavy (non-hydrogen) atoms. The molecule has 0 spiro atoms. The molecule has 0 radical (unpaired) electrons. The van der Waals surface area contributed by atoms with Gasteiger partial charge >= 0.3 is 0 Å². The van der Waals surface area contributed by atoms with E-state index in [0.717, 1.165) is 0 Å². The van der Waals surface area contributed by atoms with E-state index < -0.39 is 21.9 Å². The molecule has 0 saturated carbocycles. The van der Waals surface area contributed by atoms with Crippen molar-refractivity contribution in [3.63, 3.8) is 0 Å². The Bertz CT molecular complexity index is 723. The van der Waals surface area contributed by atoms with Crippen LogP contribution in [0.25, 0.3) is 0 Å². The normalized spacial score (nSPS) is 13.3. The van der Waals surface area contributed by atoms with Crippen LogP contribution in [0.15, 0.2) is 33.7 Å². The molecular formula is C13H15FN2O4S.